The van der Waals surface area contributed by atoms with Crippen LogP contribution in [0.15, 0.2) is 42.9 Å². The van der Waals surface area contributed by atoms with Crippen LogP contribution in [-0.2, 0) is 0 Å². The van der Waals surface area contributed by atoms with Crippen LogP contribution in [0, 0.1) is 0 Å². The van der Waals surface area contributed by atoms with Crippen molar-refractivity contribution in [2.75, 3.05) is 5.32 Å². The van der Waals surface area contributed by atoms with Crippen LogP contribution in [0.5, 0.6) is 0 Å². The van der Waals surface area contributed by atoms with E-state index >= 15 is 0 Å². The molecule has 2 N–H and O–H groups in total. The molecule has 2 rings (SSSR count). The first kappa shape index (κ1) is 19.7. The first-order chi connectivity index (χ1) is 11.6. The molecule has 1 heterocycles. The Morgan fingerprint density at radius 2 is 1.29 bits per heavy atom. The van der Waals surface area contributed by atoms with Gasteiger partial charge in [0.25, 0.3) is 5.91 Å². The molecule has 0 radical (unpaired) electrons. The molecular formula is C11H5F5N2OS5. The number of aromatic nitrogens is 1. The van der Waals surface area contributed by atoms with E-state index < -0.39 is 96.8 Å². The molecule has 0 bridgehead atoms. The predicted molar refractivity (Wildman–Crippen MR) is 90.0 cm³/mol. The highest BCUT2D eigenvalue weighted by atomic mass is 32.2. The average molecular weight is 436 g/mol. The van der Waals surface area contributed by atoms with E-state index in [4.69, 9.17) is 0 Å². The summed E-state index contributed by atoms with van der Waals surface area (Å²) in [4.78, 5) is 11.8. The number of carbonyl (C=O) groups excluding carboxylic acids is 1. The van der Waals surface area contributed by atoms with E-state index in [0.29, 0.717) is 0 Å². The number of amides is 1. The van der Waals surface area contributed by atoms with Gasteiger partial charge in [0.2, 0.25) is 0 Å². The fraction of sp³-hybridized carbons (Fsp3) is 0. The molecule has 1 aromatic carbocycles. The maximum absolute atomic E-state index is 13.3. The minimum atomic E-state index is -0.757. The zero-order valence-electron chi connectivity index (χ0n) is 11.1. The smallest absolute Gasteiger partial charge is 0.257 e. The van der Waals surface area contributed by atoms with E-state index in [2.05, 4.69) is 10.3 Å². The Bertz CT molecular complexity index is 697. The van der Waals surface area contributed by atoms with E-state index in [1.807, 2.05) is 0 Å². The van der Waals surface area contributed by atoms with Gasteiger partial charge in [-0.05, 0) is 6.07 Å². The molecule has 24 heavy (non-hydrogen) atoms. The Labute approximate surface area is 155 Å². The van der Waals surface area contributed by atoms with E-state index in [1.165, 1.54) is 18.5 Å². The molecule has 1 amide bonds. The summed E-state index contributed by atoms with van der Waals surface area (Å²) in [6.45, 7) is 0. The first-order valence-electron chi connectivity index (χ1n) is 5.73. The molecule has 3 nitrogen and oxygen atoms in total. The third-order valence-corrected chi connectivity index (χ3v) is 6.09. The van der Waals surface area contributed by atoms with E-state index in [-0.39, 0.29) is 5.56 Å². The number of hydrogen-bond acceptors (Lipinski definition) is 6. The SMILES string of the molecule is O=C(Nc1c(SF)c(SF)c(SF)c(SF)c1SF)c1cc[nH]c1. The summed E-state index contributed by atoms with van der Waals surface area (Å²) >= 11 is -2.63. The molecule has 0 saturated carbocycles. The van der Waals surface area contributed by atoms with Crippen molar-refractivity contribution >= 4 is 72.3 Å². The van der Waals surface area contributed by atoms with Crippen LogP contribution >= 0.6 is 60.7 Å². The van der Waals surface area contributed by atoms with Gasteiger partial charge in [-0.1, -0.05) is 0 Å². The van der Waals surface area contributed by atoms with Gasteiger partial charge < -0.3 is 10.3 Å². The molecule has 0 aliphatic heterocycles. The Morgan fingerprint density at radius 1 is 0.833 bits per heavy atom. The molecule has 0 aliphatic carbocycles. The number of aromatic amines is 1. The average Bonchev–Trinajstić information content (AvgIpc) is 3.14. The molecule has 0 unspecified atom stereocenters. The molecule has 0 spiro atoms. The number of hydrogen-bond donors (Lipinski definition) is 2. The summed E-state index contributed by atoms with van der Waals surface area (Å²) in [5.74, 6) is -0.757. The summed E-state index contributed by atoms with van der Waals surface area (Å²) in [6, 6.07) is 1.39. The normalized spacial score (nSPS) is 10.9. The Kier molecular flexibility index (Phi) is 7.53. The molecule has 13 heteroatoms. The Morgan fingerprint density at radius 3 is 1.67 bits per heavy atom. The molecule has 130 valence electrons. The molecule has 0 aliphatic rings. The summed E-state index contributed by atoms with van der Waals surface area (Å²) in [6.07, 6.45) is 2.76. The summed E-state index contributed by atoms with van der Waals surface area (Å²) in [5.41, 5.74) is -0.341. The van der Waals surface area contributed by atoms with Crippen molar-refractivity contribution in [3.05, 3.63) is 24.0 Å². The Balaban J connectivity index is 2.65. The van der Waals surface area contributed by atoms with E-state index in [9.17, 15) is 24.2 Å². The van der Waals surface area contributed by atoms with Crippen LogP contribution in [0.2, 0.25) is 0 Å². The first-order valence-corrected chi connectivity index (χ1v) is 9.32. The number of anilines is 1. The lowest BCUT2D eigenvalue weighted by Crippen LogP contribution is -2.13. The molecule has 1 aromatic heterocycles. The second-order valence-corrected chi connectivity index (χ2v) is 6.77. The van der Waals surface area contributed by atoms with Crippen LogP contribution in [0.4, 0.5) is 25.1 Å². The zero-order chi connectivity index (χ0) is 17.7. The number of carbonyl (C=O) groups is 1. The van der Waals surface area contributed by atoms with Crippen molar-refractivity contribution in [3.63, 3.8) is 0 Å². The summed E-state index contributed by atoms with van der Waals surface area (Å²) in [5, 5.41) is 2.21. The second kappa shape index (κ2) is 9.17. The van der Waals surface area contributed by atoms with Crippen molar-refractivity contribution in [1.82, 2.24) is 4.98 Å². The van der Waals surface area contributed by atoms with Gasteiger partial charge in [0, 0.05) is 12.4 Å². The Hall–Kier alpha value is -0.630. The van der Waals surface area contributed by atoms with Gasteiger partial charge in [0.05, 0.1) is 96.5 Å². The van der Waals surface area contributed by atoms with Crippen molar-refractivity contribution < 1.29 is 24.2 Å². The fourth-order valence-corrected chi connectivity index (χ4v) is 4.61. The number of halogens is 5. The second-order valence-electron chi connectivity index (χ2n) is 3.96. The topological polar surface area (TPSA) is 44.9 Å². The van der Waals surface area contributed by atoms with E-state index in [0.717, 1.165) is 0 Å². The lowest BCUT2D eigenvalue weighted by atomic mass is 10.2. The largest absolute Gasteiger partial charge is 0.367 e. The van der Waals surface area contributed by atoms with Gasteiger partial charge in [-0.3, -0.25) is 4.79 Å². The van der Waals surface area contributed by atoms with Crippen molar-refractivity contribution in [2.45, 2.75) is 24.5 Å². The van der Waals surface area contributed by atoms with Crippen LogP contribution in [0.3, 0.4) is 0 Å². The van der Waals surface area contributed by atoms with Crippen molar-refractivity contribution in [2.24, 2.45) is 0 Å². The summed E-state index contributed by atoms with van der Waals surface area (Å²) < 4.78 is 66.0. The van der Waals surface area contributed by atoms with Gasteiger partial charge in [-0.15, -0.1) is 0 Å². The zero-order valence-corrected chi connectivity index (χ0v) is 15.2. The van der Waals surface area contributed by atoms with Gasteiger partial charge in [-0.25, -0.2) is 0 Å². The lowest BCUT2D eigenvalue weighted by Gasteiger charge is -2.17. The van der Waals surface area contributed by atoms with E-state index in [1.54, 1.807) is 0 Å². The lowest BCUT2D eigenvalue weighted by molar-refractivity contribution is 0.102. The number of benzene rings is 1. The van der Waals surface area contributed by atoms with Crippen LogP contribution in [-0.4, -0.2) is 10.9 Å². The third kappa shape index (κ3) is 3.79. The number of H-pyrrole nitrogens is 1. The molecule has 2 aromatic rings. The standard InChI is InChI=1S/C11H5F5N2OS5/c12-20-6-5(18-11(19)4-1-2-17-3-4)7(21-13)9(23-15)10(24-16)8(6)22-14/h1-3,17H,(H,18,19). The predicted octanol–water partition coefficient (Wildman–Crippen LogP) is 7.15. The minimum Gasteiger partial charge on any atom is -0.367 e. The molecular weight excluding hydrogens is 431 g/mol. The minimum absolute atomic E-state index is 0.132. The van der Waals surface area contributed by atoms with Crippen molar-refractivity contribution in [3.8, 4) is 0 Å². The maximum Gasteiger partial charge on any atom is 0.257 e. The highest BCUT2D eigenvalue weighted by molar-refractivity contribution is 8.00. The van der Waals surface area contributed by atoms with Crippen LogP contribution in [0.25, 0.3) is 0 Å². The highest BCUT2D eigenvalue weighted by Gasteiger charge is 2.29. The van der Waals surface area contributed by atoms with Crippen LogP contribution < -0.4 is 5.32 Å². The quantitative estimate of drug-likeness (QED) is 0.450. The monoisotopic (exact) mass is 436 g/mol. The number of nitrogens with one attached hydrogen (secondary N) is 2. The third-order valence-electron chi connectivity index (χ3n) is 2.76. The molecule has 0 saturated heterocycles. The maximum atomic E-state index is 13.3. The summed E-state index contributed by atoms with van der Waals surface area (Å²) in [7, 11) is 0. The molecule has 0 fully saturated rings. The highest BCUT2D eigenvalue weighted by Crippen LogP contribution is 2.54. The molecule has 0 atom stereocenters. The van der Waals surface area contributed by atoms with Crippen molar-refractivity contribution in [1.29, 1.82) is 0 Å². The van der Waals surface area contributed by atoms with Gasteiger partial charge >= 0.3 is 0 Å². The van der Waals surface area contributed by atoms with Gasteiger partial charge in [-0.2, -0.15) is 19.4 Å². The van der Waals surface area contributed by atoms with Gasteiger partial charge in [0.15, 0.2) is 0 Å². The number of rotatable bonds is 7. The van der Waals surface area contributed by atoms with Crippen LogP contribution in [0.1, 0.15) is 10.4 Å². The fourth-order valence-electron chi connectivity index (χ4n) is 1.76. The van der Waals surface area contributed by atoms with Gasteiger partial charge in [0.1, 0.15) is 0 Å².